The number of piperidine rings is 1. The highest BCUT2D eigenvalue weighted by atomic mass is 32.2. The summed E-state index contributed by atoms with van der Waals surface area (Å²) in [6.45, 7) is 15.2. The zero-order valence-electron chi connectivity index (χ0n) is 30.9. The van der Waals surface area contributed by atoms with Gasteiger partial charge in [-0.05, 0) is 76.0 Å². The van der Waals surface area contributed by atoms with Crippen LogP contribution >= 0.6 is 0 Å². The minimum Gasteiger partial charge on any atom is -0.344 e. The van der Waals surface area contributed by atoms with Gasteiger partial charge >= 0.3 is 6.03 Å². The van der Waals surface area contributed by atoms with Crippen molar-refractivity contribution in [2.24, 2.45) is 22.7 Å². The van der Waals surface area contributed by atoms with Crippen molar-refractivity contribution in [3.05, 3.63) is 12.4 Å². The van der Waals surface area contributed by atoms with Crippen molar-refractivity contribution in [2.45, 2.75) is 141 Å². The number of likely N-dealkylation sites (tertiary alicyclic amines) is 1. The number of sulfone groups is 1. The van der Waals surface area contributed by atoms with Crippen LogP contribution in [0.15, 0.2) is 12.4 Å². The molecule has 5 amide bonds. The van der Waals surface area contributed by atoms with Crippen LogP contribution in [0, 0.1) is 22.7 Å². The van der Waals surface area contributed by atoms with Crippen molar-refractivity contribution in [1.82, 2.24) is 26.2 Å². The smallest absolute Gasteiger partial charge is 0.315 e. The summed E-state index contributed by atoms with van der Waals surface area (Å²) < 4.78 is 38.8. The van der Waals surface area contributed by atoms with E-state index in [9.17, 15) is 36.8 Å². The molecule has 1 aliphatic heterocycles. The van der Waals surface area contributed by atoms with E-state index in [0.29, 0.717) is 32.2 Å². The molecular formula is C36H58FN5O7S. The second-order valence-corrected chi connectivity index (χ2v) is 19.9. The van der Waals surface area contributed by atoms with Crippen LogP contribution in [-0.4, -0.2) is 90.1 Å². The standard InChI is InChI=1S/C36H58FN5O7S/c1-22(37)19-38-30(45)27(43)23(2)39-29(44)26-25-24(34(25,6)7)20-42(26)31(46)28(35(8)15-11-9-12-16-35)40-32(47)41-36(17-13-10-14-18-36)21-50(48,49)33(3,4)5/h23-26,28H,1,9-21H2,2-8H3,(H,38,45)(H,39,44)(H2,40,41,47)/t23-,24-,25-,26-,28+/m0/s1. The number of rotatable bonds is 12. The first kappa shape index (κ1) is 39.8. The molecule has 0 radical (unpaired) electrons. The molecule has 0 bridgehead atoms. The first-order valence-electron chi connectivity index (χ1n) is 18.1. The maximum absolute atomic E-state index is 14.7. The normalized spacial score (nSPS) is 26.4. The van der Waals surface area contributed by atoms with Crippen molar-refractivity contribution >= 4 is 39.4 Å². The highest BCUT2D eigenvalue weighted by molar-refractivity contribution is 7.92. The molecule has 3 saturated carbocycles. The van der Waals surface area contributed by atoms with E-state index in [-0.39, 0.29) is 23.0 Å². The molecule has 14 heteroatoms. The van der Waals surface area contributed by atoms with Gasteiger partial charge in [-0.2, -0.15) is 0 Å². The van der Waals surface area contributed by atoms with Gasteiger partial charge in [0.05, 0.1) is 28.6 Å². The summed E-state index contributed by atoms with van der Waals surface area (Å²) in [6.07, 6.45) is 7.62. The molecule has 4 N–H and O–H groups in total. The Morgan fingerprint density at radius 3 is 2.02 bits per heavy atom. The van der Waals surface area contributed by atoms with Gasteiger partial charge in [-0.15, -0.1) is 0 Å². The van der Waals surface area contributed by atoms with Crippen LogP contribution in [0.25, 0.3) is 0 Å². The number of urea groups is 1. The number of nitrogens with zero attached hydrogens (tertiary/aromatic N) is 1. The maximum atomic E-state index is 14.7. The Morgan fingerprint density at radius 2 is 1.48 bits per heavy atom. The van der Waals surface area contributed by atoms with E-state index in [4.69, 9.17) is 0 Å². The fraction of sp³-hybridized carbons (Fsp3) is 0.806. The minimum absolute atomic E-state index is 0.0221. The fourth-order valence-electron chi connectivity index (χ4n) is 8.51. The van der Waals surface area contributed by atoms with Crippen LogP contribution in [0.3, 0.4) is 0 Å². The Bertz CT molecular complexity index is 1480. The SMILES string of the molecule is C=C(F)CNC(=O)C(=O)[C@H](C)NC(=O)[C@@H]1[C@@H]2[C@H](CN1C(=O)[C@@H](NC(=O)NC1(CS(=O)(=O)C(C)(C)C)CCCCC1)C1(C)CCCCC1)C2(C)C. The predicted octanol–water partition coefficient (Wildman–Crippen LogP) is 3.70. The molecule has 4 rings (SSSR count). The lowest BCUT2D eigenvalue weighted by atomic mass is 9.70. The van der Waals surface area contributed by atoms with Gasteiger partial charge in [-0.1, -0.05) is 65.9 Å². The quantitative estimate of drug-likeness (QED) is 0.223. The zero-order chi connectivity index (χ0) is 37.4. The van der Waals surface area contributed by atoms with Crippen LogP contribution in [0.5, 0.6) is 0 Å². The van der Waals surface area contributed by atoms with Crippen LogP contribution in [0.2, 0.25) is 0 Å². The van der Waals surface area contributed by atoms with Crippen molar-refractivity contribution < 1.29 is 36.8 Å². The summed E-state index contributed by atoms with van der Waals surface area (Å²) in [5.74, 6) is -4.19. The lowest BCUT2D eigenvalue weighted by Crippen LogP contribution is -2.65. The van der Waals surface area contributed by atoms with Gasteiger partial charge in [0, 0.05) is 6.54 Å². The molecule has 12 nitrogen and oxygen atoms in total. The first-order chi connectivity index (χ1) is 23.1. The summed E-state index contributed by atoms with van der Waals surface area (Å²) in [5, 5.41) is 10.8. The summed E-state index contributed by atoms with van der Waals surface area (Å²) in [7, 11) is -3.58. The second-order valence-electron chi connectivity index (χ2n) is 17.1. The molecule has 3 aliphatic carbocycles. The van der Waals surface area contributed by atoms with E-state index < -0.39 is 85.6 Å². The van der Waals surface area contributed by atoms with Crippen molar-refractivity contribution in [2.75, 3.05) is 18.8 Å². The molecule has 0 aromatic rings. The number of hydrogen-bond acceptors (Lipinski definition) is 7. The molecule has 4 fully saturated rings. The summed E-state index contributed by atoms with van der Waals surface area (Å²) in [5.41, 5.74) is -1.83. The number of carbonyl (C=O) groups excluding carboxylic acids is 5. The number of carbonyl (C=O) groups is 5. The highest BCUT2D eigenvalue weighted by Gasteiger charge is 2.70. The predicted molar refractivity (Wildman–Crippen MR) is 188 cm³/mol. The van der Waals surface area contributed by atoms with Gasteiger partial charge in [0.1, 0.15) is 17.9 Å². The highest BCUT2D eigenvalue weighted by Crippen LogP contribution is 2.65. The Hall–Kier alpha value is -3.03. The van der Waals surface area contributed by atoms with E-state index in [2.05, 4.69) is 27.8 Å². The number of hydrogen-bond donors (Lipinski definition) is 4. The Kier molecular flexibility index (Phi) is 11.6. The van der Waals surface area contributed by atoms with Gasteiger partial charge < -0.3 is 26.2 Å². The molecule has 5 atom stereocenters. The first-order valence-corrected chi connectivity index (χ1v) is 19.8. The van der Waals surface area contributed by atoms with Crippen LogP contribution in [0.1, 0.15) is 113 Å². The molecule has 4 aliphatic rings. The Balaban J connectivity index is 1.58. The summed E-state index contributed by atoms with van der Waals surface area (Å²) in [4.78, 5) is 69.1. The lowest BCUT2D eigenvalue weighted by Gasteiger charge is -2.44. The molecule has 0 spiro atoms. The third kappa shape index (κ3) is 8.36. The molecule has 282 valence electrons. The largest absolute Gasteiger partial charge is 0.344 e. The number of Topliss-reactive ketones (excluding diaryl/α,β-unsaturated/α-hetero) is 1. The zero-order valence-corrected chi connectivity index (χ0v) is 31.7. The van der Waals surface area contributed by atoms with Gasteiger partial charge in [0.2, 0.25) is 17.6 Å². The molecule has 1 saturated heterocycles. The topological polar surface area (TPSA) is 171 Å². The molecule has 50 heavy (non-hydrogen) atoms. The molecule has 0 unspecified atom stereocenters. The second kappa shape index (κ2) is 14.5. The third-order valence-electron chi connectivity index (χ3n) is 12.0. The number of amides is 5. The molecule has 0 aromatic heterocycles. The van der Waals surface area contributed by atoms with Gasteiger partial charge in [0.25, 0.3) is 5.91 Å². The third-order valence-corrected chi connectivity index (χ3v) is 14.8. The van der Waals surface area contributed by atoms with Crippen LogP contribution in [-0.2, 0) is 29.0 Å². The van der Waals surface area contributed by atoms with Crippen molar-refractivity contribution in [1.29, 1.82) is 0 Å². The van der Waals surface area contributed by atoms with E-state index in [1.54, 1.807) is 20.8 Å². The number of halogens is 1. The van der Waals surface area contributed by atoms with Crippen molar-refractivity contribution in [3.8, 4) is 0 Å². The molecule has 0 aromatic carbocycles. The van der Waals surface area contributed by atoms with Gasteiger partial charge in [-0.3, -0.25) is 19.2 Å². The number of nitrogens with one attached hydrogen (secondary N) is 4. The Labute approximate surface area is 296 Å². The van der Waals surface area contributed by atoms with Crippen LogP contribution in [0.4, 0.5) is 9.18 Å². The maximum Gasteiger partial charge on any atom is 0.315 e. The monoisotopic (exact) mass is 723 g/mol. The Morgan fingerprint density at radius 1 is 0.920 bits per heavy atom. The summed E-state index contributed by atoms with van der Waals surface area (Å²) >= 11 is 0. The van der Waals surface area contributed by atoms with E-state index in [1.807, 2.05) is 20.8 Å². The number of fused-ring (bicyclic) bond motifs is 1. The molecule has 1 heterocycles. The van der Waals surface area contributed by atoms with Gasteiger partial charge in [0.15, 0.2) is 9.84 Å². The van der Waals surface area contributed by atoms with Gasteiger partial charge in [-0.25, -0.2) is 17.6 Å². The van der Waals surface area contributed by atoms with E-state index >= 15 is 0 Å². The average molecular weight is 724 g/mol. The van der Waals surface area contributed by atoms with Crippen LogP contribution < -0.4 is 21.3 Å². The van der Waals surface area contributed by atoms with Crippen molar-refractivity contribution in [3.63, 3.8) is 0 Å². The van der Waals surface area contributed by atoms with E-state index in [0.717, 1.165) is 38.5 Å². The van der Waals surface area contributed by atoms with E-state index in [1.165, 1.54) is 11.8 Å². The minimum atomic E-state index is -3.58. The molecular weight excluding hydrogens is 665 g/mol. The fourth-order valence-corrected chi connectivity index (χ4v) is 10.0. The summed E-state index contributed by atoms with van der Waals surface area (Å²) in [6, 6.07) is -3.77. The lowest BCUT2D eigenvalue weighted by molar-refractivity contribution is -0.146. The average Bonchev–Trinajstić information content (AvgIpc) is 3.32. The number of ketones is 1.